The highest BCUT2D eigenvalue weighted by Crippen LogP contribution is 2.21. The summed E-state index contributed by atoms with van der Waals surface area (Å²) in [6, 6.07) is 7.20. The molecule has 2 heterocycles. The van der Waals surface area contributed by atoms with Crippen LogP contribution < -0.4 is 16.4 Å². The minimum atomic E-state index is -0.319. The van der Waals surface area contributed by atoms with Gasteiger partial charge in [0.05, 0.1) is 19.3 Å². The van der Waals surface area contributed by atoms with Crippen molar-refractivity contribution in [1.29, 1.82) is 0 Å². The number of hydrogen-bond acceptors (Lipinski definition) is 5. The lowest BCUT2D eigenvalue weighted by molar-refractivity contribution is -0.122. The molecule has 1 aromatic carbocycles. The zero-order valence-electron chi connectivity index (χ0n) is 13.7. The average Bonchev–Trinajstić information content (AvgIpc) is 3.04. The third-order valence-corrected chi connectivity index (χ3v) is 4.51. The van der Waals surface area contributed by atoms with E-state index < -0.39 is 0 Å². The van der Waals surface area contributed by atoms with Crippen LogP contribution in [-0.4, -0.2) is 55.1 Å². The number of nitrogens with one attached hydrogen (secondary N) is 2. The Morgan fingerprint density at radius 1 is 1.42 bits per heavy atom. The topological polar surface area (TPSA) is 96.7 Å². The van der Waals surface area contributed by atoms with E-state index in [1.807, 2.05) is 24.3 Å². The van der Waals surface area contributed by atoms with Crippen LogP contribution in [0.4, 0.5) is 5.69 Å². The molecule has 2 saturated heterocycles. The Labute approximate surface area is 141 Å². The smallest absolute Gasteiger partial charge is 0.243 e. The lowest BCUT2D eigenvalue weighted by Gasteiger charge is -2.23. The second-order valence-electron chi connectivity index (χ2n) is 6.30. The van der Waals surface area contributed by atoms with Gasteiger partial charge >= 0.3 is 0 Å². The molecule has 3 rings (SSSR count). The van der Waals surface area contributed by atoms with Gasteiger partial charge in [0.15, 0.2) is 0 Å². The Bertz CT molecular complexity index is 601. The number of carbonyl (C=O) groups is 2. The molecular formula is C17H24N4O3. The summed E-state index contributed by atoms with van der Waals surface area (Å²) in [6.07, 6.45) is 1.80. The molecule has 2 atom stereocenters. The van der Waals surface area contributed by atoms with E-state index in [0.29, 0.717) is 26.3 Å². The second-order valence-corrected chi connectivity index (χ2v) is 6.30. The van der Waals surface area contributed by atoms with Gasteiger partial charge in [-0.25, -0.2) is 0 Å². The summed E-state index contributed by atoms with van der Waals surface area (Å²) in [6.45, 7) is 3.23. The van der Waals surface area contributed by atoms with Crippen LogP contribution in [0.5, 0.6) is 0 Å². The Hall–Kier alpha value is -1.96. The van der Waals surface area contributed by atoms with Gasteiger partial charge in [-0.3, -0.25) is 14.5 Å². The van der Waals surface area contributed by atoms with Crippen molar-refractivity contribution < 1.29 is 14.3 Å². The predicted octanol–water partition coefficient (Wildman–Crippen LogP) is 0.0632. The molecule has 0 bridgehead atoms. The number of carbonyl (C=O) groups excluding carboxylic acids is 2. The first kappa shape index (κ1) is 16.9. The van der Waals surface area contributed by atoms with Gasteiger partial charge in [0.2, 0.25) is 11.8 Å². The summed E-state index contributed by atoms with van der Waals surface area (Å²) in [5.41, 5.74) is 7.26. The van der Waals surface area contributed by atoms with Gasteiger partial charge in [-0.15, -0.1) is 0 Å². The number of benzene rings is 1. The summed E-state index contributed by atoms with van der Waals surface area (Å²) in [5.74, 6) is -0.358. The van der Waals surface area contributed by atoms with E-state index >= 15 is 0 Å². The molecule has 2 unspecified atom stereocenters. The van der Waals surface area contributed by atoms with Crippen molar-refractivity contribution in [1.82, 2.24) is 10.2 Å². The number of primary amides is 1. The maximum atomic E-state index is 12.2. The fourth-order valence-corrected chi connectivity index (χ4v) is 3.28. The molecule has 24 heavy (non-hydrogen) atoms. The molecule has 2 aliphatic heterocycles. The third-order valence-electron chi connectivity index (χ3n) is 4.51. The highest BCUT2D eigenvalue weighted by atomic mass is 16.5. The predicted molar refractivity (Wildman–Crippen MR) is 90.3 cm³/mol. The van der Waals surface area contributed by atoms with Crippen molar-refractivity contribution in [2.75, 3.05) is 31.6 Å². The van der Waals surface area contributed by atoms with E-state index in [1.54, 1.807) is 0 Å². The van der Waals surface area contributed by atoms with E-state index in [0.717, 1.165) is 30.6 Å². The van der Waals surface area contributed by atoms with E-state index in [4.69, 9.17) is 10.5 Å². The van der Waals surface area contributed by atoms with Gasteiger partial charge < -0.3 is 21.1 Å². The van der Waals surface area contributed by atoms with Crippen molar-refractivity contribution in [2.24, 2.45) is 5.73 Å². The summed E-state index contributed by atoms with van der Waals surface area (Å²) >= 11 is 0. The highest BCUT2D eigenvalue weighted by Gasteiger charge is 2.28. The Morgan fingerprint density at radius 3 is 3.04 bits per heavy atom. The molecule has 1 aromatic rings. The number of likely N-dealkylation sites (tertiary alicyclic amines) is 1. The van der Waals surface area contributed by atoms with E-state index in [9.17, 15) is 9.59 Å². The average molecular weight is 332 g/mol. The first-order chi connectivity index (χ1) is 11.6. The molecule has 4 N–H and O–H groups in total. The van der Waals surface area contributed by atoms with Crippen molar-refractivity contribution in [3.05, 3.63) is 29.8 Å². The number of nitrogens with zero attached hydrogens (tertiary/aromatic N) is 1. The first-order valence-corrected chi connectivity index (χ1v) is 8.38. The van der Waals surface area contributed by atoms with Crippen LogP contribution in [0.3, 0.4) is 0 Å². The fraction of sp³-hybridized carbons (Fsp3) is 0.529. The van der Waals surface area contributed by atoms with Crippen molar-refractivity contribution in [3.8, 4) is 0 Å². The van der Waals surface area contributed by atoms with Crippen LogP contribution >= 0.6 is 0 Å². The standard InChI is InChI=1S/C17H24N4O3/c18-16(22)15-5-2-7-21(15)10-12-3-1-4-13(9-12)20-17(23)14-11-24-8-6-19-14/h1,3-4,9,14-15,19H,2,5-8,10-11H2,(H2,18,22)(H,20,23). The quantitative estimate of drug-likeness (QED) is 0.709. The molecule has 7 heteroatoms. The Kier molecular flexibility index (Phi) is 5.44. The van der Waals surface area contributed by atoms with E-state index in [2.05, 4.69) is 15.5 Å². The molecule has 130 valence electrons. The van der Waals surface area contributed by atoms with Crippen LogP contribution in [0.2, 0.25) is 0 Å². The third kappa shape index (κ3) is 4.11. The summed E-state index contributed by atoms with van der Waals surface area (Å²) in [7, 11) is 0. The van der Waals surface area contributed by atoms with E-state index in [-0.39, 0.29) is 23.9 Å². The maximum absolute atomic E-state index is 12.2. The first-order valence-electron chi connectivity index (χ1n) is 8.38. The van der Waals surface area contributed by atoms with Crippen molar-refractivity contribution in [2.45, 2.75) is 31.5 Å². The number of morpholine rings is 1. The van der Waals surface area contributed by atoms with Gasteiger partial charge in [-0.2, -0.15) is 0 Å². The number of hydrogen-bond donors (Lipinski definition) is 3. The van der Waals surface area contributed by atoms with Crippen molar-refractivity contribution >= 4 is 17.5 Å². The van der Waals surface area contributed by atoms with Crippen LogP contribution in [0, 0.1) is 0 Å². The molecule has 2 fully saturated rings. The van der Waals surface area contributed by atoms with Crippen LogP contribution in [-0.2, 0) is 20.9 Å². The summed E-state index contributed by atoms with van der Waals surface area (Å²) in [5, 5.41) is 6.05. The number of rotatable bonds is 5. The summed E-state index contributed by atoms with van der Waals surface area (Å²) in [4.78, 5) is 25.8. The fourth-order valence-electron chi connectivity index (χ4n) is 3.28. The summed E-state index contributed by atoms with van der Waals surface area (Å²) < 4.78 is 5.31. The molecule has 2 aliphatic rings. The SMILES string of the molecule is NC(=O)C1CCCN1Cc1cccc(NC(=O)C2COCCN2)c1. The molecule has 7 nitrogen and oxygen atoms in total. The molecule has 0 spiro atoms. The lowest BCUT2D eigenvalue weighted by atomic mass is 10.1. The van der Waals surface area contributed by atoms with Gasteiger partial charge in [-0.05, 0) is 37.1 Å². The van der Waals surface area contributed by atoms with Crippen LogP contribution in [0.1, 0.15) is 18.4 Å². The molecule has 0 aliphatic carbocycles. The minimum Gasteiger partial charge on any atom is -0.378 e. The zero-order chi connectivity index (χ0) is 16.9. The number of amides is 2. The minimum absolute atomic E-state index is 0.0944. The monoisotopic (exact) mass is 332 g/mol. The normalized spacial score (nSPS) is 24.7. The van der Waals surface area contributed by atoms with Gasteiger partial charge in [0.25, 0.3) is 0 Å². The molecule has 2 amide bonds. The van der Waals surface area contributed by atoms with Crippen LogP contribution in [0.15, 0.2) is 24.3 Å². The van der Waals surface area contributed by atoms with Gasteiger partial charge in [0, 0.05) is 18.8 Å². The second kappa shape index (κ2) is 7.74. The van der Waals surface area contributed by atoms with Crippen molar-refractivity contribution in [3.63, 3.8) is 0 Å². The zero-order valence-corrected chi connectivity index (χ0v) is 13.7. The number of anilines is 1. The Morgan fingerprint density at radius 2 is 2.29 bits per heavy atom. The molecule has 0 radical (unpaired) electrons. The van der Waals surface area contributed by atoms with Crippen LogP contribution in [0.25, 0.3) is 0 Å². The lowest BCUT2D eigenvalue weighted by Crippen LogP contribution is -2.48. The molecule has 0 saturated carbocycles. The molecule has 0 aromatic heterocycles. The molecular weight excluding hydrogens is 308 g/mol. The maximum Gasteiger partial charge on any atom is 0.243 e. The highest BCUT2D eigenvalue weighted by molar-refractivity contribution is 5.95. The largest absolute Gasteiger partial charge is 0.378 e. The van der Waals surface area contributed by atoms with Gasteiger partial charge in [-0.1, -0.05) is 12.1 Å². The van der Waals surface area contributed by atoms with E-state index in [1.165, 1.54) is 0 Å². The Balaban J connectivity index is 1.61. The number of ether oxygens (including phenoxy) is 1. The number of nitrogens with two attached hydrogens (primary N) is 1. The van der Waals surface area contributed by atoms with Gasteiger partial charge in [0.1, 0.15) is 6.04 Å².